The summed E-state index contributed by atoms with van der Waals surface area (Å²) >= 11 is 0. The van der Waals surface area contributed by atoms with E-state index in [0.717, 1.165) is 6.29 Å². The summed E-state index contributed by atoms with van der Waals surface area (Å²) in [6.07, 6.45) is 41.2. The smallest absolute Gasteiger partial charge is 0.116 e. The van der Waals surface area contributed by atoms with Crippen molar-refractivity contribution in [2.24, 2.45) is 0 Å². The third kappa shape index (κ3) is 32.3. The number of hydrogen-bond acceptors (Lipinski definition) is 1. The zero-order valence-corrected chi connectivity index (χ0v) is 21.1. The summed E-state index contributed by atoms with van der Waals surface area (Å²) in [4.78, 5) is 8.81. The fourth-order valence-electron chi connectivity index (χ4n) is 1.50. The summed E-state index contributed by atoms with van der Waals surface area (Å²) < 4.78 is 0. The molecule has 1 heteroatoms. The average molecular weight is 423 g/mol. The molecule has 0 aliphatic heterocycles. The van der Waals surface area contributed by atoms with Crippen molar-refractivity contribution in [1.82, 2.24) is 0 Å². The van der Waals surface area contributed by atoms with Gasteiger partial charge in [0, 0.05) is 0 Å². The molecule has 0 bridgehead atoms. The van der Waals surface area contributed by atoms with Crippen molar-refractivity contribution in [1.29, 1.82) is 0 Å². The molecule has 7 saturated carbocycles. The second kappa shape index (κ2) is 28.7. The van der Waals surface area contributed by atoms with Crippen LogP contribution in [-0.2, 0) is 4.79 Å². The molecule has 0 aromatic heterocycles. The Balaban J connectivity index is 0.000000321. The Morgan fingerprint density at radius 1 is 0.267 bits per heavy atom. The summed E-state index contributed by atoms with van der Waals surface area (Å²) in [5, 5.41) is 0. The molecule has 0 N–H and O–H groups in total. The lowest BCUT2D eigenvalue weighted by Gasteiger charge is -2.05. The maximum absolute atomic E-state index is 8.81. The number of carbonyl (C=O) groups excluding carboxylic acids is 1. The molecule has 0 amide bonds. The van der Waals surface area contributed by atoms with Crippen LogP contribution < -0.4 is 0 Å². The number of carbonyl (C=O) groups is 1. The molecule has 7 rings (SSSR count). The van der Waals surface area contributed by atoms with E-state index in [4.69, 9.17) is 4.79 Å². The van der Waals surface area contributed by atoms with Crippen LogP contribution in [0.1, 0.15) is 180 Å². The zero-order chi connectivity index (χ0) is 21.8. The Morgan fingerprint density at radius 2 is 0.300 bits per heavy atom. The van der Waals surface area contributed by atoms with Crippen LogP contribution in [-0.4, -0.2) is 6.29 Å². The molecular weight excluding hydrogens is 364 g/mol. The monoisotopic (exact) mass is 422 g/mol. The highest BCUT2D eigenvalue weighted by molar-refractivity contribution is 5.44. The first-order valence-corrected chi connectivity index (χ1v) is 14.3. The largest absolute Gasteiger partial charge is 0.304 e. The van der Waals surface area contributed by atoms with E-state index >= 15 is 0 Å². The summed E-state index contributed by atoms with van der Waals surface area (Å²) in [6.45, 7) is 1.44. The molecule has 0 saturated heterocycles. The number of aldehydes is 1. The van der Waals surface area contributed by atoms with E-state index in [2.05, 4.69) is 0 Å². The Bertz CT molecular complexity index is 184. The normalized spacial score (nSPS) is 22.0. The first-order valence-electron chi connectivity index (χ1n) is 14.3. The molecule has 0 radical (unpaired) electrons. The maximum atomic E-state index is 8.81. The van der Waals surface area contributed by atoms with E-state index in [1.807, 2.05) is 0 Å². The standard InChI is InChI=1S/6C4H8.C3H6.C2H4O/c6*1-2-4-3-1;1-2-3-1;1-2-3/h6*1-4H2;1-3H2;2H,1H3. The highest BCUT2D eigenvalue weighted by atomic mass is 16.1. The lowest BCUT2D eigenvalue weighted by Crippen LogP contribution is -1.85. The van der Waals surface area contributed by atoms with Gasteiger partial charge in [0.2, 0.25) is 0 Å². The minimum atomic E-state index is 0.750. The zero-order valence-electron chi connectivity index (χ0n) is 21.1. The highest BCUT2D eigenvalue weighted by Crippen LogP contribution is 2.17. The van der Waals surface area contributed by atoms with E-state index in [1.54, 1.807) is 0 Å². The molecule has 1 nitrogen and oxygen atoms in total. The van der Waals surface area contributed by atoms with Gasteiger partial charge in [-0.25, -0.2) is 0 Å². The van der Waals surface area contributed by atoms with Crippen molar-refractivity contribution in [3.05, 3.63) is 0 Å². The third-order valence-electron chi connectivity index (χ3n) is 6.35. The van der Waals surface area contributed by atoms with Gasteiger partial charge in [-0.05, 0) is 6.92 Å². The van der Waals surface area contributed by atoms with Crippen LogP contribution in [0.3, 0.4) is 0 Å². The Morgan fingerprint density at radius 3 is 0.300 bits per heavy atom. The van der Waals surface area contributed by atoms with Crippen molar-refractivity contribution in [2.75, 3.05) is 0 Å². The van der Waals surface area contributed by atoms with Crippen molar-refractivity contribution >= 4 is 6.29 Å². The van der Waals surface area contributed by atoms with Crippen LogP contribution in [0.5, 0.6) is 0 Å². The van der Waals surface area contributed by atoms with Crippen LogP contribution in [0.15, 0.2) is 0 Å². The van der Waals surface area contributed by atoms with Gasteiger partial charge in [-0.15, -0.1) is 0 Å². The van der Waals surface area contributed by atoms with E-state index < -0.39 is 0 Å². The maximum Gasteiger partial charge on any atom is 0.116 e. The molecule has 7 aliphatic rings. The van der Waals surface area contributed by atoms with Gasteiger partial charge < -0.3 is 4.79 Å². The SMILES string of the molecule is C1CC1.C1CCC1.C1CCC1.C1CCC1.C1CCC1.C1CCC1.C1CCC1.CC=O. The van der Waals surface area contributed by atoms with Gasteiger partial charge in [-0.1, -0.05) is 173 Å². The molecule has 7 aliphatic carbocycles. The topological polar surface area (TPSA) is 17.1 Å². The second-order valence-corrected chi connectivity index (χ2v) is 9.78. The summed E-state index contributed by atoms with van der Waals surface area (Å²) in [6, 6.07) is 0. The van der Waals surface area contributed by atoms with Crippen LogP contribution in [0, 0.1) is 0 Å². The van der Waals surface area contributed by atoms with E-state index in [1.165, 1.54) is 180 Å². The van der Waals surface area contributed by atoms with Gasteiger partial charge in [0.15, 0.2) is 0 Å². The van der Waals surface area contributed by atoms with Crippen LogP contribution >= 0.6 is 0 Å². The van der Waals surface area contributed by atoms with Crippen LogP contribution in [0.25, 0.3) is 0 Å². The molecule has 0 atom stereocenters. The van der Waals surface area contributed by atoms with Crippen molar-refractivity contribution in [3.8, 4) is 0 Å². The average Bonchev–Trinajstić information content (AvgIpc) is 3.11. The molecule has 0 heterocycles. The minimum absolute atomic E-state index is 0.750. The van der Waals surface area contributed by atoms with E-state index in [-0.39, 0.29) is 0 Å². The van der Waals surface area contributed by atoms with Crippen LogP contribution in [0.2, 0.25) is 0 Å². The highest BCUT2D eigenvalue weighted by Gasteiger charge is 1.97. The summed E-state index contributed by atoms with van der Waals surface area (Å²) in [7, 11) is 0. The van der Waals surface area contributed by atoms with E-state index in [0.29, 0.717) is 0 Å². The fourth-order valence-corrected chi connectivity index (χ4v) is 1.50. The molecule has 30 heavy (non-hydrogen) atoms. The van der Waals surface area contributed by atoms with Gasteiger partial charge in [0.05, 0.1) is 0 Å². The number of hydrogen-bond donors (Lipinski definition) is 0. The quantitative estimate of drug-likeness (QED) is 0.355. The van der Waals surface area contributed by atoms with Crippen molar-refractivity contribution in [3.63, 3.8) is 0 Å². The van der Waals surface area contributed by atoms with Gasteiger partial charge >= 0.3 is 0 Å². The van der Waals surface area contributed by atoms with E-state index in [9.17, 15) is 0 Å². The Kier molecular flexibility index (Phi) is 28.4. The predicted molar refractivity (Wildman–Crippen MR) is 136 cm³/mol. The molecule has 0 aromatic rings. The first-order chi connectivity index (χ1) is 14.9. The first kappa shape index (κ1) is 29.7. The second-order valence-electron chi connectivity index (χ2n) is 9.78. The number of rotatable bonds is 0. The molecular formula is C29H58O. The Hall–Kier alpha value is -0.330. The molecule has 0 spiro atoms. The molecule has 7 fully saturated rings. The summed E-state index contributed by atoms with van der Waals surface area (Å²) in [5.74, 6) is 0. The van der Waals surface area contributed by atoms with Gasteiger partial charge in [0.25, 0.3) is 0 Å². The minimum Gasteiger partial charge on any atom is -0.304 e. The lowest BCUT2D eigenvalue weighted by molar-refractivity contribution is -0.106. The summed E-state index contributed by atoms with van der Waals surface area (Å²) in [5.41, 5.74) is 0. The predicted octanol–water partition coefficient (Wildman–Crippen LogP) is 10.7. The van der Waals surface area contributed by atoms with Gasteiger partial charge in [-0.3, -0.25) is 0 Å². The van der Waals surface area contributed by atoms with Crippen LogP contribution in [0.4, 0.5) is 0 Å². The fraction of sp³-hybridized carbons (Fsp3) is 0.966. The lowest BCUT2D eigenvalue weighted by atomic mass is 10.0. The molecule has 0 unspecified atom stereocenters. The van der Waals surface area contributed by atoms with Crippen molar-refractivity contribution < 1.29 is 4.79 Å². The van der Waals surface area contributed by atoms with Gasteiger partial charge in [0.1, 0.15) is 6.29 Å². The molecule has 0 aromatic carbocycles. The Labute approximate surface area is 191 Å². The molecule has 180 valence electrons. The third-order valence-corrected chi connectivity index (χ3v) is 6.35. The van der Waals surface area contributed by atoms with Gasteiger partial charge in [-0.2, -0.15) is 0 Å². The van der Waals surface area contributed by atoms with Crippen molar-refractivity contribution in [2.45, 2.75) is 180 Å².